The van der Waals surface area contributed by atoms with Gasteiger partial charge in [-0.3, -0.25) is 9.78 Å². The Kier molecular flexibility index (Phi) is 4.42. The number of halogens is 1. The largest absolute Gasteiger partial charge is 0.337 e. The molecule has 104 valence electrons. The Morgan fingerprint density at radius 1 is 1.25 bits per heavy atom. The quantitative estimate of drug-likeness (QED) is 0.926. The van der Waals surface area contributed by atoms with Crippen LogP contribution in [0.4, 0.5) is 4.39 Å². The standard InChI is InChI=1S/C15H16FN3O/c1-19(10-12-4-2-11(7-17)3-5-12)15(20)13-6-14(16)9-18-8-13/h2-6,8-9H,7,10,17H2,1H3. The zero-order valence-electron chi connectivity index (χ0n) is 11.2. The maximum absolute atomic E-state index is 13.1. The van der Waals surface area contributed by atoms with Crippen LogP contribution >= 0.6 is 0 Å². The fourth-order valence-corrected chi connectivity index (χ4v) is 1.88. The van der Waals surface area contributed by atoms with Crippen molar-refractivity contribution in [1.82, 2.24) is 9.88 Å². The smallest absolute Gasteiger partial charge is 0.255 e. The van der Waals surface area contributed by atoms with Gasteiger partial charge in [0.15, 0.2) is 0 Å². The second kappa shape index (κ2) is 6.25. The first kappa shape index (κ1) is 14.1. The summed E-state index contributed by atoms with van der Waals surface area (Å²) >= 11 is 0. The van der Waals surface area contributed by atoms with Crippen LogP contribution in [-0.4, -0.2) is 22.8 Å². The molecule has 0 aliphatic rings. The summed E-state index contributed by atoms with van der Waals surface area (Å²) in [6.07, 6.45) is 2.43. The zero-order chi connectivity index (χ0) is 14.5. The number of carbonyl (C=O) groups is 1. The SMILES string of the molecule is CN(Cc1ccc(CN)cc1)C(=O)c1cncc(F)c1. The zero-order valence-corrected chi connectivity index (χ0v) is 11.2. The number of hydrogen-bond acceptors (Lipinski definition) is 3. The van der Waals surface area contributed by atoms with E-state index in [1.807, 2.05) is 24.3 Å². The van der Waals surface area contributed by atoms with Gasteiger partial charge >= 0.3 is 0 Å². The maximum atomic E-state index is 13.1. The Hall–Kier alpha value is -2.27. The van der Waals surface area contributed by atoms with Crippen LogP contribution in [0.15, 0.2) is 42.7 Å². The maximum Gasteiger partial charge on any atom is 0.255 e. The molecule has 0 unspecified atom stereocenters. The van der Waals surface area contributed by atoms with Crippen molar-refractivity contribution >= 4 is 5.91 Å². The van der Waals surface area contributed by atoms with Gasteiger partial charge in [-0.2, -0.15) is 0 Å². The van der Waals surface area contributed by atoms with E-state index in [-0.39, 0.29) is 11.5 Å². The molecule has 20 heavy (non-hydrogen) atoms. The number of carbonyl (C=O) groups excluding carboxylic acids is 1. The topological polar surface area (TPSA) is 59.2 Å². The van der Waals surface area contributed by atoms with Crippen molar-refractivity contribution in [3.8, 4) is 0 Å². The van der Waals surface area contributed by atoms with Crippen molar-refractivity contribution < 1.29 is 9.18 Å². The van der Waals surface area contributed by atoms with Crippen molar-refractivity contribution in [1.29, 1.82) is 0 Å². The van der Waals surface area contributed by atoms with Crippen molar-refractivity contribution in [3.05, 3.63) is 65.2 Å². The van der Waals surface area contributed by atoms with Crippen molar-refractivity contribution in [2.45, 2.75) is 13.1 Å². The highest BCUT2D eigenvalue weighted by Gasteiger charge is 2.13. The molecule has 1 amide bonds. The minimum Gasteiger partial charge on any atom is -0.337 e. The molecule has 0 atom stereocenters. The lowest BCUT2D eigenvalue weighted by molar-refractivity contribution is 0.0784. The molecule has 4 nitrogen and oxygen atoms in total. The van der Waals surface area contributed by atoms with Crippen molar-refractivity contribution in [2.24, 2.45) is 5.73 Å². The third kappa shape index (κ3) is 3.39. The molecule has 0 fully saturated rings. The van der Waals surface area contributed by atoms with Crippen LogP contribution in [0.1, 0.15) is 21.5 Å². The van der Waals surface area contributed by atoms with E-state index in [1.165, 1.54) is 17.2 Å². The van der Waals surface area contributed by atoms with Crippen molar-refractivity contribution in [2.75, 3.05) is 7.05 Å². The molecule has 2 N–H and O–H groups in total. The van der Waals surface area contributed by atoms with Gasteiger partial charge < -0.3 is 10.6 Å². The Morgan fingerprint density at radius 3 is 2.50 bits per heavy atom. The lowest BCUT2D eigenvalue weighted by atomic mass is 10.1. The third-order valence-electron chi connectivity index (χ3n) is 2.98. The van der Waals surface area contributed by atoms with E-state index in [0.717, 1.165) is 17.3 Å². The first-order valence-electron chi connectivity index (χ1n) is 6.24. The van der Waals surface area contributed by atoms with Crippen LogP contribution in [0.25, 0.3) is 0 Å². The van der Waals surface area contributed by atoms with E-state index in [9.17, 15) is 9.18 Å². The van der Waals surface area contributed by atoms with Gasteiger partial charge in [0, 0.05) is 26.3 Å². The molecule has 0 aliphatic heterocycles. The summed E-state index contributed by atoms with van der Waals surface area (Å²) in [5.41, 5.74) is 7.80. The minimum absolute atomic E-state index is 0.242. The molecule has 1 heterocycles. The van der Waals surface area contributed by atoms with Crippen LogP contribution in [0.3, 0.4) is 0 Å². The number of nitrogens with zero attached hydrogens (tertiary/aromatic N) is 2. The van der Waals surface area contributed by atoms with Crippen LogP contribution in [0, 0.1) is 5.82 Å². The van der Waals surface area contributed by atoms with Crippen LogP contribution in [0.5, 0.6) is 0 Å². The van der Waals surface area contributed by atoms with E-state index in [1.54, 1.807) is 7.05 Å². The van der Waals surface area contributed by atoms with Crippen LogP contribution in [-0.2, 0) is 13.1 Å². The number of nitrogens with two attached hydrogens (primary N) is 1. The Morgan fingerprint density at radius 2 is 1.90 bits per heavy atom. The number of aromatic nitrogens is 1. The van der Waals surface area contributed by atoms with Gasteiger partial charge in [0.1, 0.15) is 5.82 Å². The van der Waals surface area contributed by atoms with Crippen LogP contribution in [0.2, 0.25) is 0 Å². The average Bonchev–Trinajstić information content (AvgIpc) is 2.47. The van der Waals surface area contributed by atoms with E-state index < -0.39 is 5.82 Å². The molecule has 0 saturated carbocycles. The average molecular weight is 273 g/mol. The molecule has 1 aromatic heterocycles. The molecular formula is C15H16FN3O. The van der Waals surface area contributed by atoms with Gasteiger partial charge in [0.25, 0.3) is 5.91 Å². The summed E-state index contributed by atoms with van der Waals surface area (Å²) in [7, 11) is 1.67. The summed E-state index contributed by atoms with van der Waals surface area (Å²) in [6.45, 7) is 0.935. The summed E-state index contributed by atoms with van der Waals surface area (Å²) < 4.78 is 13.1. The Bertz CT molecular complexity index is 598. The monoisotopic (exact) mass is 273 g/mol. The Labute approximate surface area is 117 Å². The highest BCUT2D eigenvalue weighted by Crippen LogP contribution is 2.10. The summed E-state index contributed by atoms with van der Waals surface area (Å²) in [6, 6.07) is 8.89. The molecule has 0 bridgehead atoms. The fourth-order valence-electron chi connectivity index (χ4n) is 1.88. The summed E-state index contributed by atoms with van der Waals surface area (Å²) in [5, 5.41) is 0. The van der Waals surface area contributed by atoms with Gasteiger partial charge in [-0.1, -0.05) is 24.3 Å². The number of rotatable bonds is 4. The predicted molar refractivity (Wildman–Crippen MR) is 74.3 cm³/mol. The fraction of sp³-hybridized carbons (Fsp3) is 0.200. The number of benzene rings is 1. The van der Waals surface area contributed by atoms with Crippen molar-refractivity contribution in [3.63, 3.8) is 0 Å². The molecule has 2 rings (SSSR count). The summed E-state index contributed by atoms with van der Waals surface area (Å²) in [5.74, 6) is -0.781. The number of amides is 1. The molecule has 0 radical (unpaired) electrons. The number of hydrogen-bond donors (Lipinski definition) is 1. The molecule has 0 saturated heterocycles. The van der Waals surface area contributed by atoms with Gasteiger partial charge in [0.05, 0.1) is 11.8 Å². The highest BCUT2D eigenvalue weighted by molar-refractivity contribution is 5.93. The second-order valence-corrected chi connectivity index (χ2v) is 4.57. The number of pyridine rings is 1. The first-order chi connectivity index (χ1) is 9.60. The predicted octanol–water partition coefficient (Wildman–Crippen LogP) is 1.95. The second-order valence-electron chi connectivity index (χ2n) is 4.57. The molecule has 0 spiro atoms. The van der Waals surface area contributed by atoms with Gasteiger partial charge in [-0.15, -0.1) is 0 Å². The normalized spacial score (nSPS) is 10.3. The van der Waals surface area contributed by atoms with E-state index >= 15 is 0 Å². The molecule has 1 aromatic carbocycles. The van der Waals surface area contributed by atoms with Crippen LogP contribution < -0.4 is 5.73 Å². The third-order valence-corrected chi connectivity index (χ3v) is 2.98. The van der Waals surface area contributed by atoms with E-state index in [2.05, 4.69) is 4.98 Å². The van der Waals surface area contributed by atoms with Gasteiger partial charge in [0.2, 0.25) is 0 Å². The highest BCUT2D eigenvalue weighted by atomic mass is 19.1. The lowest BCUT2D eigenvalue weighted by Gasteiger charge is -2.17. The molecule has 2 aromatic rings. The van der Waals surface area contributed by atoms with Gasteiger partial charge in [-0.05, 0) is 17.2 Å². The minimum atomic E-state index is -0.517. The van der Waals surface area contributed by atoms with E-state index in [0.29, 0.717) is 13.1 Å². The Balaban J connectivity index is 2.07. The molecule has 0 aliphatic carbocycles. The van der Waals surface area contributed by atoms with E-state index in [4.69, 9.17) is 5.73 Å². The van der Waals surface area contributed by atoms with Gasteiger partial charge in [-0.25, -0.2) is 4.39 Å². The summed E-state index contributed by atoms with van der Waals surface area (Å²) in [4.78, 5) is 17.3. The molecule has 5 heteroatoms. The first-order valence-corrected chi connectivity index (χ1v) is 6.24. The molecular weight excluding hydrogens is 257 g/mol. The lowest BCUT2D eigenvalue weighted by Crippen LogP contribution is -2.26.